The summed E-state index contributed by atoms with van der Waals surface area (Å²) in [5.41, 5.74) is -0.530. The number of carbonyl (C=O) groups is 1. The van der Waals surface area contributed by atoms with Crippen molar-refractivity contribution in [1.82, 2.24) is 10.2 Å². The van der Waals surface area contributed by atoms with Gasteiger partial charge in [-0.3, -0.25) is 4.79 Å². The molecule has 4 nitrogen and oxygen atoms in total. The minimum absolute atomic E-state index is 0.0956. The normalized spacial score (nSPS) is 11.5. The van der Waals surface area contributed by atoms with Gasteiger partial charge in [-0.1, -0.05) is 6.92 Å². The van der Waals surface area contributed by atoms with E-state index in [1.54, 1.807) is 11.2 Å². The van der Waals surface area contributed by atoms with Crippen LogP contribution in [0.4, 0.5) is 0 Å². The molecule has 1 rings (SSSR count). The van der Waals surface area contributed by atoms with E-state index in [-0.39, 0.29) is 5.91 Å². The summed E-state index contributed by atoms with van der Waals surface area (Å²) in [6.07, 6.45) is 1.63. The van der Waals surface area contributed by atoms with Gasteiger partial charge in [0.15, 0.2) is 0 Å². The number of nitrogens with one attached hydrogen (secondary N) is 1. The first-order valence-corrected chi connectivity index (χ1v) is 6.08. The zero-order chi connectivity index (χ0) is 12.9. The first-order valence-electron chi connectivity index (χ1n) is 6.08. The van der Waals surface area contributed by atoms with Crippen LogP contribution in [-0.4, -0.2) is 29.4 Å². The van der Waals surface area contributed by atoms with Gasteiger partial charge in [-0.25, -0.2) is 0 Å². The summed E-state index contributed by atoms with van der Waals surface area (Å²) in [4.78, 5) is 14.1. The molecule has 0 spiro atoms. The first kappa shape index (κ1) is 13.8. The van der Waals surface area contributed by atoms with E-state index in [0.29, 0.717) is 13.1 Å². The second-order valence-corrected chi connectivity index (χ2v) is 4.55. The van der Waals surface area contributed by atoms with Crippen LogP contribution in [-0.2, 0) is 11.3 Å². The van der Waals surface area contributed by atoms with Gasteiger partial charge in [0.2, 0.25) is 5.91 Å². The molecule has 1 amide bonds. The van der Waals surface area contributed by atoms with Crippen LogP contribution in [0.5, 0.6) is 0 Å². The lowest BCUT2D eigenvalue weighted by atomic mass is 10.0. The quantitative estimate of drug-likeness (QED) is 0.824. The van der Waals surface area contributed by atoms with Crippen LogP contribution in [0.25, 0.3) is 0 Å². The highest BCUT2D eigenvalue weighted by molar-refractivity contribution is 5.85. The van der Waals surface area contributed by atoms with E-state index in [4.69, 9.17) is 4.42 Å². The van der Waals surface area contributed by atoms with Crippen molar-refractivity contribution in [1.29, 1.82) is 0 Å². The second kappa shape index (κ2) is 5.87. The smallest absolute Gasteiger partial charge is 0.242 e. The Balaban J connectivity index is 2.70. The maximum atomic E-state index is 12.3. The van der Waals surface area contributed by atoms with E-state index in [1.807, 2.05) is 39.8 Å². The fourth-order valence-electron chi connectivity index (χ4n) is 1.83. The lowest BCUT2D eigenvalue weighted by Gasteiger charge is -2.31. The number of nitrogens with zero attached hydrogens (tertiary/aromatic N) is 1. The van der Waals surface area contributed by atoms with Gasteiger partial charge in [0.1, 0.15) is 5.76 Å². The van der Waals surface area contributed by atoms with Crippen molar-refractivity contribution in [2.24, 2.45) is 0 Å². The van der Waals surface area contributed by atoms with E-state index < -0.39 is 5.54 Å². The summed E-state index contributed by atoms with van der Waals surface area (Å²) in [6.45, 7) is 9.76. The zero-order valence-electron chi connectivity index (χ0n) is 11.1. The first-order chi connectivity index (χ1) is 8.01. The molecular formula is C13H22N2O2. The standard InChI is InChI=1S/C13H22N2O2/c1-5-14-13(3,4)12(16)15(6-2)10-11-8-7-9-17-11/h7-9,14H,5-6,10H2,1-4H3. The Hall–Kier alpha value is -1.29. The topological polar surface area (TPSA) is 45.5 Å². The van der Waals surface area contributed by atoms with Crippen LogP contribution in [0.2, 0.25) is 0 Å². The lowest BCUT2D eigenvalue weighted by Crippen LogP contribution is -2.53. The molecule has 0 radical (unpaired) electrons. The molecule has 0 saturated heterocycles. The highest BCUT2D eigenvalue weighted by Crippen LogP contribution is 2.12. The van der Waals surface area contributed by atoms with E-state index in [9.17, 15) is 4.79 Å². The number of hydrogen-bond acceptors (Lipinski definition) is 3. The highest BCUT2D eigenvalue weighted by atomic mass is 16.3. The molecule has 1 N–H and O–H groups in total. The molecule has 0 aliphatic carbocycles. The van der Waals surface area contributed by atoms with Crippen LogP contribution in [0.15, 0.2) is 22.8 Å². The van der Waals surface area contributed by atoms with Crippen molar-refractivity contribution in [3.8, 4) is 0 Å². The maximum absolute atomic E-state index is 12.3. The average molecular weight is 238 g/mol. The lowest BCUT2D eigenvalue weighted by molar-refractivity contribution is -0.137. The summed E-state index contributed by atoms with van der Waals surface area (Å²) >= 11 is 0. The third kappa shape index (κ3) is 3.60. The third-order valence-corrected chi connectivity index (χ3v) is 2.75. The van der Waals surface area contributed by atoms with Crippen LogP contribution < -0.4 is 5.32 Å². The predicted molar refractivity (Wildman–Crippen MR) is 67.6 cm³/mol. The van der Waals surface area contributed by atoms with Crippen molar-refractivity contribution >= 4 is 5.91 Å². The molecule has 0 bridgehead atoms. The van der Waals surface area contributed by atoms with Gasteiger partial charge in [0.05, 0.1) is 18.3 Å². The minimum Gasteiger partial charge on any atom is -0.467 e. The molecule has 0 saturated carbocycles. The van der Waals surface area contributed by atoms with E-state index in [0.717, 1.165) is 12.3 Å². The molecule has 0 aliphatic rings. The van der Waals surface area contributed by atoms with Gasteiger partial charge in [-0.2, -0.15) is 0 Å². The molecule has 0 aromatic carbocycles. The summed E-state index contributed by atoms with van der Waals surface area (Å²) in [5, 5.41) is 3.19. The van der Waals surface area contributed by atoms with Gasteiger partial charge < -0.3 is 14.6 Å². The van der Waals surface area contributed by atoms with Crippen molar-refractivity contribution in [3.63, 3.8) is 0 Å². The summed E-state index contributed by atoms with van der Waals surface area (Å²) in [7, 11) is 0. The van der Waals surface area contributed by atoms with Crippen molar-refractivity contribution in [3.05, 3.63) is 24.2 Å². The fourth-order valence-corrected chi connectivity index (χ4v) is 1.83. The molecule has 0 fully saturated rings. The molecule has 0 atom stereocenters. The monoisotopic (exact) mass is 238 g/mol. The van der Waals surface area contributed by atoms with Crippen LogP contribution in [0.1, 0.15) is 33.5 Å². The number of hydrogen-bond donors (Lipinski definition) is 1. The van der Waals surface area contributed by atoms with Crippen LogP contribution in [0.3, 0.4) is 0 Å². The van der Waals surface area contributed by atoms with Gasteiger partial charge in [-0.05, 0) is 39.4 Å². The number of rotatable bonds is 6. The SMILES string of the molecule is CCNC(C)(C)C(=O)N(CC)Cc1ccco1. The molecule has 1 aromatic heterocycles. The van der Waals surface area contributed by atoms with Crippen LogP contribution in [0, 0.1) is 0 Å². The maximum Gasteiger partial charge on any atom is 0.242 e. The van der Waals surface area contributed by atoms with Gasteiger partial charge in [-0.15, -0.1) is 0 Å². The largest absolute Gasteiger partial charge is 0.467 e. The van der Waals surface area contributed by atoms with Crippen molar-refractivity contribution in [2.75, 3.05) is 13.1 Å². The molecule has 1 aromatic rings. The molecular weight excluding hydrogens is 216 g/mol. The van der Waals surface area contributed by atoms with Gasteiger partial charge in [0.25, 0.3) is 0 Å². The van der Waals surface area contributed by atoms with Crippen molar-refractivity contribution < 1.29 is 9.21 Å². The Morgan fingerprint density at radius 1 is 1.47 bits per heavy atom. The summed E-state index contributed by atoms with van der Waals surface area (Å²) in [6, 6.07) is 3.72. The van der Waals surface area contributed by atoms with Crippen molar-refractivity contribution in [2.45, 2.75) is 39.8 Å². The van der Waals surface area contributed by atoms with E-state index in [1.165, 1.54) is 0 Å². The summed E-state index contributed by atoms with van der Waals surface area (Å²) in [5.74, 6) is 0.908. The Labute approximate surface area is 103 Å². The Morgan fingerprint density at radius 3 is 2.65 bits per heavy atom. The van der Waals surface area contributed by atoms with Gasteiger partial charge in [0, 0.05) is 6.54 Å². The summed E-state index contributed by atoms with van der Waals surface area (Å²) < 4.78 is 5.27. The van der Waals surface area contributed by atoms with Crippen LogP contribution >= 0.6 is 0 Å². The Bertz CT molecular complexity index is 344. The number of carbonyl (C=O) groups excluding carboxylic acids is 1. The average Bonchev–Trinajstić information content (AvgIpc) is 2.77. The second-order valence-electron chi connectivity index (χ2n) is 4.55. The minimum atomic E-state index is -0.530. The third-order valence-electron chi connectivity index (χ3n) is 2.75. The molecule has 96 valence electrons. The Morgan fingerprint density at radius 2 is 2.18 bits per heavy atom. The predicted octanol–water partition coefficient (Wildman–Crippen LogP) is 2.02. The van der Waals surface area contributed by atoms with Gasteiger partial charge >= 0.3 is 0 Å². The number of furan rings is 1. The molecule has 0 unspecified atom stereocenters. The molecule has 1 heterocycles. The fraction of sp³-hybridized carbons (Fsp3) is 0.615. The molecule has 0 aliphatic heterocycles. The van der Waals surface area contributed by atoms with E-state index >= 15 is 0 Å². The Kier molecular flexibility index (Phi) is 4.75. The van der Waals surface area contributed by atoms with E-state index in [2.05, 4.69) is 5.32 Å². The number of amides is 1. The molecule has 4 heteroatoms. The molecule has 17 heavy (non-hydrogen) atoms. The zero-order valence-corrected chi connectivity index (χ0v) is 11.1. The highest BCUT2D eigenvalue weighted by Gasteiger charge is 2.30. The number of likely N-dealkylation sites (N-methyl/N-ethyl adjacent to an activating group) is 2.